The quantitative estimate of drug-likeness (QED) is 0.788. The van der Waals surface area contributed by atoms with E-state index in [4.69, 9.17) is 5.73 Å². The van der Waals surface area contributed by atoms with Crippen LogP contribution in [0, 0.1) is 11.6 Å². The standard InChI is InChI=1S/C10H12F2N2O2S/c1-14-9(15)2-3-17(16)10-7(11)4-6(13)5-8(10)12/h4-5H,2-3,13H2,1H3,(H,14,15). The Morgan fingerprint density at radius 2 is 1.94 bits per heavy atom. The van der Waals surface area contributed by atoms with E-state index in [1.807, 2.05) is 0 Å². The summed E-state index contributed by atoms with van der Waals surface area (Å²) in [5.74, 6) is -2.40. The first-order valence-corrected chi connectivity index (χ1v) is 6.11. The number of benzene rings is 1. The second kappa shape index (κ2) is 5.72. The summed E-state index contributed by atoms with van der Waals surface area (Å²) in [6.45, 7) is 0. The maximum absolute atomic E-state index is 13.4. The van der Waals surface area contributed by atoms with Crippen molar-refractivity contribution in [1.29, 1.82) is 0 Å². The second-order valence-corrected chi connectivity index (χ2v) is 4.79. The fourth-order valence-electron chi connectivity index (χ4n) is 1.21. The van der Waals surface area contributed by atoms with Crippen molar-refractivity contribution in [1.82, 2.24) is 5.32 Å². The van der Waals surface area contributed by atoms with Gasteiger partial charge >= 0.3 is 0 Å². The van der Waals surface area contributed by atoms with Crippen LogP contribution in [0.25, 0.3) is 0 Å². The summed E-state index contributed by atoms with van der Waals surface area (Å²) in [4.78, 5) is 10.4. The molecule has 3 N–H and O–H groups in total. The molecule has 0 radical (unpaired) electrons. The first-order chi connectivity index (χ1) is 7.95. The Balaban J connectivity index is 2.86. The molecule has 94 valence electrons. The van der Waals surface area contributed by atoms with Crippen molar-refractivity contribution in [2.24, 2.45) is 0 Å². The zero-order valence-corrected chi connectivity index (χ0v) is 9.94. The summed E-state index contributed by atoms with van der Waals surface area (Å²) in [6.07, 6.45) is -0.0631. The van der Waals surface area contributed by atoms with E-state index in [1.165, 1.54) is 7.05 Å². The zero-order chi connectivity index (χ0) is 13.0. The number of hydrogen-bond acceptors (Lipinski definition) is 3. The minimum Gasteiger partial charge on any atom is -0.399 e. The molecule has 7 heteroatoms. The maximum Gasteiger partial charge on any atom is 0.220 e. The number of halogens is 2. The zero-order valence-electron chi connectivity index (χ0n) is 9.13. The maximum atomic E-state index is 13.4. The van der Waals surface area contributed by atoms with Crippen LogP contribution in [0.4, 0.5) is 14.5 Å². The van der Waals surface area contributed by atoms with Gasteiger partial charge in [0.25, 0.3) is 0 Å². The van der Waals surface area contributed by atoms with Crippen LogP contribution < -0.4 is 11.1 Å². The lowest BCUT2D eigenvalue weighted by Gasteiger charge is -2.06. The number of nitrogens with one attached hydrogen (secondary N) is 1. The lowest BCUT2D eigenvalue weighted by Crippen LogP contribution is -2.20. The van der Waals surface area contributed by atoms with E-state index in [2.05, 4.69) is 5.32 Å². The van der Waals surface area contributed by atoms with E-state index in [9.17, 15) is 17.8 Å². The molecule has 1 unspecified atom stereocenters. The third kappa shape index (κ3) is 3.48. The highest BCUT2D eigenvalue weighted by atomic mass is 32.2. The molecule has 0 aliphatic heterocycles. The van der Waals surface area contributed by atoms with Crippen LogP contribution in [0.3, 0.4) is 0 Å². The van der Waals surface area contributed by atoms with Gasteiger partial charge in [0.05, 0.1) is 10.8 Å². The summed E-state index contributed by atoms with van der Waals surface area (Å²) >= 11 is 0. The second-order valence-electron chi connectivity index (χ2n) is 3.29. The monoisotopic (exact) mass is 262 g/mol. The van der Waals surface area contributed by atoms with Crippen molar-refractivity contribution in [3.05, 3.63) is 23.8 Å². The van der Waals surface area contributed by atoms with Crippen LogP contribution in [-0.2, 0) is 15.6 Å². The van der Waals surface area contributed by atoms with Crippen LogP contribution in [-0.4, -0.2) is 22.9 Å². The Morgan fingerprint density at radius 3 is 2.41 bits per heavy atom. The van der Waals surface area contributed by atoms with Gasteiger partial charge < -0.3 is 11.1 Å². The predicted molar refractivity (Wildman–Crippen MR) is 60.7 cm³/mol. The van der Waals surface area contributed by atoms with Gasteiger partial charge in [-0.15, -0.1) is 0 Å². The van der Waals surface area contributed by atoms with E-state index < -0.39 is 27.3 Å². The number of rotatable bonds is 4. The summed E-state index contributed by atoms with van der Waals surface area (Å²) < 4.78 is 38.3. The number of amides is 1. The highest BCUT2D eigenvalue weighted by Crippen LogP contribution is 2.20. The van der Waals surface area contributed by atoms with Gasteiger partial charge in [0.2, 0.25) is 5.91 Å². The molecule has 17 heavy (non-hydrogen) atoms. The predicted octanol–water partition coefficient (Wildman–Crippen LogP) is 0.791. The van der Waals surface area contributed by atoms with Crippen LogP contribution in [0.1, 0.15) is 6.42 Å². The number of hydrogen-bond donors (Lipinski definition) is 2. The molecule has 1 aromatic carbocycles. The molecule has 0 saturated heterocycles. The average molecular weight is 262 g/mol. The smallest absolute Gasteiger partial charge is 0.220 e. The Labute approximate surface area is 99.6 Å². The van der Waals surface area contributed by atoms with E-state index in [0.29, 0.717) is 0 Å². The van der Waals surface area contributed by atoms with Crippen molar-refractivity contribution in [2.45, 2.75) is 11.3 Å². The minimum absolute atomic E-state index is 0.0631. The third-order valence-electron chi connectivity index (χ3n) is 2.04. The molecule has 0 fully saturated rings. The van der Waals surface area contributed by atoms with Gasteiger partial charge in [0.1, 0.15) is 16.5 Å². The van der Waals surface area contributed by atoms with Crippen LogP contribution in [0.5, 0.6) is 0 Å². The van der Waals surface area contributed by atoms with Crippen molar-refractivity contribution in [3.63, 3.8) is 0 Å². The van der Waals surface area contributed by atoms with Crippen molar-refractivity contribution in [3.8, 4) is 0 Å². The molecule has 0 saturated carbocycles. The molecule has 1 atom stereocenters. The van der Waals surface area contributed by atoms with E-state index in [0.717, 1.165) is 12.1 Å². The molecule has 0 bridgehead atoms. The van der Waals surface area contributed by atoms with Gasteiger partial charge in [-0.25, -0.2) is 8.78 Å². The highest BCUT2D eigenvalue weighted by Gasteiger charge is 2.17. The summed E-state index contributed by atoms with van der Waals surface area (Å²) in [5.41, 5.74) is 5.15. The minimum atomic E-state index is -1.90. The Bertz CT molecular complexity index is 443. The van der Waals surface area contributed by atoms with Gasteiger partial charge in [0, 0.05) is 24.9 Å². The molecule has 1 rings (SSSR count). The largest absolute Gasteiger partial charge is 0.399 e. The average Bonchev–Trinajstić information content (AvgIpc) is 2.24. The van der Waals surface area contributed by atoms with Gasteiger partial charge in [0.15, 0.2) is 0 Å². The normalized spacial score (nSPS) is 12.2. The molecular formula is C10H12F2N2O2S. The van der Waals surface area contributed by atoms with E-state index in [1.54, 1.807) is 0 Å². The van der Waals surface area contributed by atoms with Crippen LogP contribution >= 0.6 is 0 Å². The lowest BCUT2D eigenvalue weighted by atomic mass is 10.3. The van der Waals surface area contributed by atoms with Gasteiger partial charge in [-0.3, -0.25) is 9.00 Å². The van der Waals surface area contributed by atoms with Crippen molar-refractivity contribution < 1.29 is 17.8 Å². The molecule has 1 aromatic rings. The van der Waals surface area contributed by atoms with Crippen molar-refractivity contribution in [2.75, 3.05) is 18.5 Å². The molecule has 0 aliphatic carbocycles. The van der Waals surface area contributed by atoms with Crippen molar-refractivity contribution >= 4 is 22.4 Å². The Hall–Kier alpha value is -1.50. The molecule has 4 nitrogen and oxygen atoms in total. The summed E-state index contributed by atoms with van der Waals surface area (Å²) in [5, 5.41) is 2.33. The third-order valence-corrected chi connectivity index (χ3v) is 3.46. The molecule has 0 heterocycles. The topological polar surface area (TPSA) is 72.2 Å². The molecule has 0 spiro atoms. The molecule has 0 aliphatic rings. The first kappa shape index (κ1) is 13.6. The highest BCUT2D eigenvalue weighted by molar-refractivity contribution is 7.85. The van der Waals surface area contributed by atoms with E-state index >= 15 is 0 Å². The lowest BCUT2D eigenvalue weighted by molar-refractivity contribution is -0.120. The number of carbonyl (C=O) groups is 1. The van der Waals surface area contributed by atoms with Gasteiger partial charge in [-0.1, -0.05) is 0 Å². The number of nitrogen functional groups attached to an aromatic ring is 1. The summed E-state index contributed by atoms with van der Waals surface area (Å²) in [6, 6.07) is 1.80. The fourth-order valence-corrected chi connectivity index (χ4v) is 2.34. The SMILES string of the molecule is CNC(=O)CCS(=O)c1c(F)cc(N)cc1F. The molecule has 1 amide bonds. The first-order valence-electron chi connectivity index (χ1n) is 4.79. The molecular weight excluding hydrogens is 250 g/mol. The Morgan fingerprint density at radius 1 is 1.41 bits per heavy atom. The van der Waals surface area contributed by atoms with Crippen LogP contribution in [0.15, 0.2) is 17.0 Å². The van der Waals surface area contributed by atoms with Gasteiger partial charge in [-0.2, -0.15) is 0 Å². The summed E-state index contributed by atoms with van der Waals surface area (Å²) in [7, 11) is -0.477. The number of carbonyl (C=O) groups excluding carboxylic acids is 1. The Kier molecular flexibility index (Phi) is 4.56. The van der Waals surface area contributed by atoms with E-state index in [-0.39, 0.29) is 23.8 Å². The molecule has 0 aromatic heterocycles. The van der Waals surface area contributed by atoms with Gasteiger partial charge in [-0.05, 0) is 12.1 Å². The number of anilines is 1. The number of nitrogens with two attached hydrogens (primary N) is 1. The van der Waals surface area contributed by atoms with Crippen LogP contribution in [0.2, 0.25) is 0 Å². The fraction of sp³-hybridized carbons (Fsp3) is 0.300.